The Morgan fingerprint density at radius 1 is 1.57 bits per heavy atom. The van der Waals surface area contributed by atoms with Gasteiger partial charge in [-0.05, 0) is 25.1 Å². The zero-order valence-electron chi connectivity index (χ0n) is 7.87. The van der Waals surface area contributed by atoms with E-state index < -0.39 is 11.8 Å². The lowest BCUT2D eigenvalue weighted by molar-refractivity contribution is 0.0549. The first-order valence-corrected chi connectivity index (χ1v) is 4.28. The molecule has 3 heteroatoms. The maximum atomic E-state index is 12.7. The highest BCUT2D eigenvalue weighted by molar-refractivity contribution is 5.89. The fraction of sp³-hybridized carbons (Fsp3) is 0.182. The Labute approximate surface area is 82.0 Å². The largest absolute Gasteiger partial charge is 0.458 e. The molecule has 0 heterocycles. The van der Waals surface area contributed by atoms with Crippen molar-refractivity contribution in [3.05, 3.63) is 47.8 Å². The minimum atomic E-state index is -0.511. The van der Waals surface area contributed by atoms with E-state index in [1.807, 2.05) is 6.92 Å². The van der Waals surface area contributed by atoms with E-state index in [2.05, 4.69) is 0 Å². The highest BCUT2D eigenvalue weighted by Gasteiger charge is 2.06. The van der Waals surface area contributed by atoms with E-state index in [1.54, 1.807) is 12.2 Å². The van der Waals surface area contributed by atoms with E-state index in [0.717, 1.165) is 6.07 Å². The van der Waals surface area contributed by atoms with Crippen LogP contribution in [0.1, 0.15) is 17.3 Å². The molecule has 0 aromatic heterocycles. The summed E-state index contributed by atoms with van der Waals surface area (Å²) in [5.41, 5.74) is 0.231. The molecule has 1 aromatic rings. The lowest BCUT2D eigenvalue weighted by Gasteiger charge is -2.01. The minimum Gasteiger partial charge on any atom is -0.458 e. The molecule has 0 aliphatic heterocycles. The van der Waals surface area contributed by atoms with Gasteiger partial charge in [-0.3, -0.25) is 0 Å². The first kappa shape index (κ1) is 10.4. The third kappa shape index (κ3) is 3.01. The average Bonchev–Trinajstić information content (AvgIpc) is 2.18. The number of carbonyl (C=O) groups is 1. The van der Waals surface area contributed by atoms with Gasteiger partial charge in [-0.25, -0.2) is 9.18 Å². The number of halogens is 1. The molecule has 0 atom stereocenters. The van der Waals surface area contributed by atoms with E-state index in [1.165, 1.54) is 18.2 Å². The maximum Gasteiger partial charge on any atom is 0.338 e. The smallest absolute Gasteiger partial charge is 0.338 e. The van der Waals surface area contributed by atoms with E-state index >= 15 is 0 Å². The predicted molar refractivity (Wildman–Crippen MR) is 51.5 cm³/mol. The molecule has 0 radical (unpaired) electrons. The number of ether oxygens (including phenoxy) is 1. The number of benzene rings is 1. The molecule has 0 saturated carbocycles. The van der Waals surface area contributed by atoms with E-state index in [9.17, 15) is 9.18 Å². The topological polar surface area (TPSA) is 26.3 Å². The first-order chi connectivity index (χ1) is 6.74. The Morgan fingerprint density at radius 3 is 3.00 bits per heavy atom. The van der Waals surface area contributed by atoms with Crippen LogP contribution in [0.4, 0.5) is 4.39 Å². The van der Waals surface area contributed by atoms with Gasteiger partial charge in [0, 0.05) is 0 Å². The van der Waals surface area contributed by atoms with Crippen LogP contribution in [0.15, 0.2) is 36.4 Å². The maximum absolute atomic E-state index is 12.7. The van der Waals surface area contributed by atoms with Gasteiger partial charge in [0.05, 0.1) is 5.56 Å². The quantitative estimate of drug-likeness (QED) is 0.546. The van der Waals surface area contributed by atoms with Crippen LogP contribution in [0.25, 0.3) is 0 Å². The molecule has 0 spiro atoms. The molecule has 0 bridgehead atoms. The molecule has 0 saturated heterocycles. The standard InChI is InChI=1S/C11H11FO2/c1-2-3-7-14-11(13)9-5-4-6-10(12)8-9/h2-6,8H,7H2,1H3/b3-2+. The third-order valence-corrected chi connectivity index (χ3v) is 1.61. The molecule has 2 nitrogen and oxygen atoms in total. The predicted octanol–water partition coefficient (Wildman–Crippen LogP) is 2.56. The SMILES string of the molecule is C/C=C/COC(=O)c1cccc(F)c1. The summed E-state index contributed by atoms with van der Waals surface area (Å²) in [6.45, 7) is 2.04. The number of hydrogen-bond acceptors (Lipinski definition) is 2. The highest BCUT2D eigenvalue weighted by atomic mass is 19.1. The van der Waals surface area contributed by atoms with Gasteiger partial charge in [-0.1, -0.05) is 18.2 Å². The second kappa shape index (κ2) is 5.17. The molecule has 74 valence electrons. The van der Waals surface area contributed by atoms with Crippen LogP contribution in [-0.2, 0) is 4.74 Å². The fourth-order valence-electron chi connectivity index (χ4n) is 0.919. The lowest BCUT2D eigenvalue weighted by atomic mass is 10.2. The van der Waals surface area contributed by atoms with Crippen molar-refractivity contribution in [3.8, 4) is 0 Å². The Balaban J connectivity index is 2.60. The monoisotopic (exact) mass is 194 g/mol. The zero-order chi connectivity index (χ0) is 10.4. The Bertz CT molecular complexity index is 345. The van der Waals surface area contributed by atoms with Crippen LogP contribution in [0.2, 0.25) is 0 Å². The second-order valence-electron chi connectivity index (χ2n) is 2.68. The highest BCUT2D eigenvalue weighted by Crippen LogP contribution is 2.04. The summed E-state index contributed by atoms with van der Waals surface area (Å²) in [7, 11) is 0. The molecule has 1 rings (SSSR count). The van der Waals surface area contributed by atoms with Gasteiger partial charge >= 0.3 is 5.97 Å². The van der Waals surface area contributed by atoms with E-state index in [-0.39, 0.29) is 12.2 Å². The van der Waals surface area contributed by atoms with Crippen molar-refractivity contribution < 1.29 is 13.9 Å². The molecule has 0 aliphatic rings. The Morgan fingerprint density at radius 2 is 2.36 bits per heavy atom. The molecular formula is C11H11FO2. The average molecular weight is 194 g/mol. The molecule has 0 fully saturated rings. The number of esters is 1. The van der Waals surface area contributed by atoms with Gasteiger partial charge in [0.1, 0.15) is 12.4 Å². The van der Waals surface area contributed by atoms with Gasteiger partial charge in [-0.2, -0.15) is 0 Å². The summed E-state index contributed by atoms with van der Waals surface area (Å²) in [6, 6.07) is 5.42. The van der Waals surface area contributed by atoms with Crippen molar-refractivity contribution in [2.45, 2.75) is 6.92 Å². The Kier molecular flexibility index (Phi) is 3.85. The van der Waals surface area contributed by atoms with Crippen LogP contribution in [0.3, 0.4) is 0 Å². The summed E-state index contributed by atoms with van der Waals surface area (Å²) in [4.78, 5) is 11.2. The normalized spacial score (nSPS) is 10.4. The van der Waals surface area contributed by atoms with Crippen molar-refractivity contribution in [2.24, 2.45) is 0 Å². The number of rotatable bonds is 3. The first-order valence-electron chi connectivity index (χ1n) is 4.28. The lowest BCUT2D eigenvalue weighted by Crippen LogP contribution is -2.05. The summed E-state index contributed by atoms with van der Waals surface area (Å²) in [5.74, 6) is -0.951. The van der Waals surface area contributed by atoms with Crippen molar-refractivity contribution in [3.63, 3.8) is 0 Å². The van der Waals surface area contributed by atoms with Crippen LogP contribution in [0, 0.1) is 5.82 Å². The van der Waals surface area contributed by atoms with Crippen LogP contribution in [0.5, 0.6) is 0 Å². The van der Waals surface area contributed by atoms with Gasteiger partial charge in [-0.15, -0.1) is 0 Å². The summed E-state index contributed by atoms with van der Waals surface area (Å²) in [5, 5.41) is 0. The van der Waals surface area contributed by atoms with E-state index in [4.69, 9.17) is 4.74 Å². The summed E-state index contributed by atoms with van der Waals surface area (Å²) < 4.78 is 17.5. The number of carbonyl (C=O) groups excluding carboxylic acids is 1. The molecule has 0 N–H and O–H groups in total. The van der Waals surface area contributed by atoms with E-state index in [0.29, 0.717) is 0 Å². The van der Waals surface area contributed by atoms with Crippen molar-refractivity contribution >= 4 is 5.97 Å². The van der Waals surface area contributed by atoms with Crippen LogP contribution < -0.4 is 0 Å². The summed E-state index contributed by atoms with van der Waals surface area (Å²) >= 11 is 0. The molecule has 1 aromatic carbocycles. The summed E-state index contributed by atoms with van der Waals surface area (Å²) in [6.07, 6.45) is 3.48. The van der Waals surface area contributed by atoms with Crippen LogP contribution in [-0.4, -0.2) is 12.6 Å². The second-order valence-corrected chi connectivity index (χ2v) is 2.68. The fourth-order valence-corrected chi connectivity index (χ4v) is 0.919. The molecule has 0 aliphatic carbocycles. The third-order valence-electron chi connectivity index (χ3n) is 1.61. The Hall–Kier alpha value is -1.64. The van der Waals surface area contributed by atoms with Gasteiger partial charge in [0.25, 0.3) is 0 Å². The van der Waals surface area contributed by atoms with Crippen molar-refractivity contribution in [2.75, 3.05) is 6.61 Å². The molecular weight excluding hydrogens is 183 g/mol. The van der Waals surface area contributed by atoms with Gasteiger partial charge in [0.15, 0.2) is 0 Å². The molecule has 0 unspecified atom stereocenters. The van der Waals surface area contributed by atoms with Gasteiger partial charge in [0.2, 0.25) is 0 Å². The van der Waals surface area contributed by atoms with Crippen LogP contribution >= 0.6 is 0 Å². The molecule has 0 amide bonds. The van der Waals surface area contributed by atoms with Crippen molar-refractivity contribution in [1.82, 2.24) is 0 Å². The number of allylic oxidation sites excluding steroid dienone is 1. The van der Waals surface area contributed by atoms with Gasteiger partial charge < -0.3 is 4.74 Å². The minimum absolute atomic E-state index is 0.214. The van der Waals surface area contributed by atoms with Crippen molar-refractivity contribution in [1.29, 1.82) is 0 Å². The molecule has 14 heavy (non-hydrogen) atoms. The number of hydrogen-bond donors (Lipinski definition) is 0. The zero-order valence-corrected chi connectivity index (χ0v) is 7.87.